The molecule has 0 atom stereocenters. The third kappa shape index (κ3) is 2.95. The monoisotopic (exact) mass is 310 g/mol. The van der Waals surface area contributed by atoms with Crippen molar-refractivity contribution in [3.8, 4) is 11.5 Å². The van der Waals surface area contributed by atoms with Gasteiger partial charge in [0.2, 0.25) is 0 Å². The van der Waals surface area contributed by atoms with Crippen LogP contribution in [-0.4, -0.2) is 10.2 Å². The van der Waals surface area contributed by atoms with Gasteiger partial charge >= 0.3 is 0 Å². The Morgan fingerprint density at radius 3 is 2.30 bits per heavy atom. The smallest absolute Gasteiger partial charge is 0.118 e. The van der Waals surface area contributed by atoms with Crippen LogP contribution in [0.25, 0.3) is 0 Å². The van der Waals surface area contributed by atoms with Crippen molar-refractivity contribution < 1.29 is 10.2 Å². The minimum atomic E-state index is 0.148. The van der Waals surface area contributed by atoms with Gasteiger partial charge in [0, 0.05) is 0 Å². The molecule has 23 heavy (non-hydrogen) atoms. The number of hydrogen-bond donors (Lipinski definition) is 2. The molecule has 0 unspecified atom stereocenters. The summed E-state index contributed by atoms with van der Waals surface area (Å²) >= 11 is 0. The molecule has 1 saturated carbocycles. The average Bonchev–Trinajstić information content (AvgIpc) is 2.54. The first-order valence-corrected chi connectivity index (χ1v) is 8.49. The normalized spacial score (nSPS) is 24.6. The van der Waals surface area contributed by atoms with Crippen molar-refractivity contribution in [1.29, 1.82) is 0 Å². The van der Waals surface area contributed by atoms with Gasteiger partial charge in [-0.1, -0.05) is 25.1 Å². The molecular weight excluding hydrogens is 284 g/mol. The predicted molar refractivity (Wildman–Crippen MR) is 94.2 cm³/mol. The van der Waals surface area contributed by atoms with E-state index >= 15 is 0 Å². The van der Waals surface area contributed by atoms with Gasteiger partial charge in [-0.05, 0) is 91.3 Å². The molecule has 2 aromatic carbocycles. The van der Waals surface area contributed by atoms with E-state index < -0.39 is 0 Å². The van der Waals surface area contributed by atoms with Crippen LogP contribution in [0.15, 0.2) is 36.4 Å². The van der Waals surface area contributed by atoms with Crippen LogP contribution in [0.4, 0.5) is 0 Å². The summed E-state index contributed by atoms with van der Waals surface area (Å²) in [6, 6.07) is 11.7. The molecule has 3 rings (SSSR count). The van der Waals surface area contributed by atoms with Gasteiger partial charge < -0.3 is 10.2 Å². The summed E-state index contributed by atoms with van der Waals surface area (Å²) < 4.78 is 0. The first-order valence-electron chi connectivity index (χ1n) is 8.49. The zero-order valence-corrected chi connectivity index (χ0v) is 14.3. The van der Waals surface area contributed by atoms with Crippen LogP contribution in [0.2, 0.25) is 0 Å². The lowest BCUT2D eigenvalue weighted by molar-refractivity contribution is 0.290. The lowest BCUT2D eigenvalue weighted by Crippen LogP contribution is -2.28. The second kappa shape index (κ2) is 5.92. The molecule has 1 fully saturated rings. The van der Waals surface area contributed by atoms with Crippen LogP contribution in [0.5, 0.6) is 11.5 Å². The Morgan fingerprint density at radius 1 is 0.957 bits per heavy atom. The number of rotatable bonds is 2. The minimum Gasteiger partial charge on any atom is -0.508 e. The molecule has 2 aromatic rings. The van der Waals surface area contributed by atoms with Crippen molar-refractivity contribution in [2.24, 2.45) is 0 Å². The number of benzene rings is 2. The fraction of sp³-hybridized carbons (Fsp3) is 0.429. The van der Waals surface area contributed by atoms with Gasteiger partial charge in [-0.3, -0.25) is 0 Å². The van der Waals surface area contributed by atoms with E-state index in [0.717, 1.165) is 31.2 Å². The molecule has 2 N–H and O–H groups in total. The zero-order valence-electron chi connectivity index (χ0n) is 14.3. The number of phenolic OH excluding ortho intramolecular Hbond substituents is 2. The van der Waals surface area contributed by atoms with Gasteiger partial charge in [0.05, 0.1) is 0 Å². The van der Waals surface area contributed by atoms with Crippen LogP contribution >= 0.6 is 0 Å². The number of aromatic hydroxyl groups is 2. The lowest BCUT2D eigenvalue weighted by Gasteiger charge is -2.38. The summed E-state index contributed by atoms with van der Waals surface area (Å²) in [5.41, 5.74) is 5.02. The Bertz CT molecular complexity index is 710. The van der Waals surface area contributed by atoms with E-state index in [1.54, 1.807) is 6.07 Å². The van der Waals surface area contributed by atoms with E-state index in [9.17, 15) is 10.2 Å². The molecule has 2 heteroatoms. The third-order valence-corrected chi connectivity index (χ3v) is 5.87. The first-order chi connectivity index (χ1) is 10.9. The van der Waals surface area contributed by atoms with E-state index in [1.165, 1.54) is 16.7 Å². The second-order valence-electron chi connectivity index (χ2n) is 7.31. The van der Waals surface area contributed by atoms with Gasteiger partial charge in [0.1, 0.15) is 11.5 Å². The van der Waals surface area contributed by atoms with Gasteiger partial charge in [0.15, 0.2) is 0 Å². The molecule has 0 bridgehead atoms. The fourth-order valence-corrected chi connectivity index (χ4v) is 4.01. The summed E-state index contributed by atoms with van der Waals surface area (Å²) in [4.78, 5) is 0. The van der Waals surface area contributed by atoms with Crippen LogP contribution in [0.3, 0.4) is 0 Å². The van der Waals surface area contributed by atoms with Crippen molar-refractivity contribution in [3.63, 3.8) is 0 Å². The third-order valence-electron chi connectivity index (χ3n) is 5.87. The highest BCUT2D eigenvalue weighted by atomic mass is 16.3. The molecule has 0 aromatic heterocycles. The molecule has 0 heterocycles. The highest BCUT2D eigenvalue weighted by molar-refractivity contribution is 5.44. The van der Waals surface area contributed by atoms with E-state index in [1.807, 2.05) is 25.1 Å². The molecule has 122 valence electrons. The molecule has 1 aliphatic carbocycles. The van der Waals surface area contributed by atoms with Crippen molar-refractivity contribution in [2.75, 3.05) is 0 Å². The van der Waals surface area contributed by atoms with Crippen molar-refractivity contribution in [2.45, 2.75) is 57.8 Å². The quantitative estimate of drug-likeness (QED) is 0.787. The summed E-state index contributed by atoms with van der Waals surface area (Å²) in [5.74, 6) is 1.32. The molecule has 0 radical (unpaired) electrons. The largest absolute Gasteiger partial charge is 0.508 e. The van der Waals surface area contributed by atoms with E-state index in [0.29, 0.717) is 17.4 Å². The van der Waals surface area contributed by atoms with Crippen LogP contribution in [0, 0.1) is 13.8 Å². The SMILES string of the molecule is Cc1c(O)ccc(C2CCC(C)(c3cccc(O)c3)CC2)c1C. The molecule has 0 aliphatic heterocycles. The standard InChI is InChI=1S/C21H26O2/c1-14-15(2)20(23)8-7-19(14)16-9-11-21(3,12-10-16)17-5-4-6-18(22)13-17/h4-8,13,16,22-23H,9-12H2,1-3H3. The zero-order chi connectivity index (χ0) is 16.6. The summed E-state index contributed by atoms with van der Waals surface area (Å²) in [6.07, 6.45) is 4.55. The lowest BCUT2D eigenvalue weighted by atomic mass is 9.66. The molecule has 0 amide bonds. The Kier molecular flexibility index (Phi) is 4.09. The van der Waals surface area contributed by atoms with Gasteiger partial charge in [-0.15, -0.1) is 0 Å². The predicted octanol–water partition coefficient (Wildman–Crippen LogP) is 5.33. The Morgan fingerprint density at radius 2 is 1.65 bits per heavy atom. The van der Waals surface area contributed by atoms with Gasteiger partial charge in [-0.25, -0.2) is 0 Å². The van der Waals surface area contributed by atoms with E-state index in [4.69, 9.17) is 0 Å². The van der Waals surface area contributed by atoms with E-state index in [2.05, 4.69) is 26.0 Å². The molecule has 2 nitrogen and oxygen atoms in total. The van der Waals surface area contributed by atoms with Crippen LogP contribution < -0.4 is 0 Å². The number of hydrogen-bond acceptors (Lipinski definition) is 2. The second-order valence-corrected chi connectivity index (χ2v) is 7.31. The first kappa shape index (κ1) is 15.9. The molecule has 1 aliphatic rings. The van der Waals surface area contributed by atoms with Crippen LogP contribution in [0.1, 0.15) is 60.8 Å². The van der Waals surface area contributed by atoms with Gasteiger partial charge in [-0.2, -0.15) is 0 Å². The van der Waals surface area contributed by atoms with Crippen molar-refractivity contribution in [1.82, 2.24) is 0 Å². The van der Waals surface area contributed by atoms with E-state index in [-0.39, 0.29) is 5.41 Å². The molecule has 0 saturated heterocycles. The summed E-state index contributed by atoms with van der Waals surface area (Å²) in [7, 11) is 0. The maximum absolute atomic E-state index is 9.86. The van der Waals surface area contributed by atoms with Gasteiger partial charge in [0.25, 0.3) is 0 Å². The minimum absolute atomic E-state index is 0.148. The molecular formula is C21H26O2. The Labute approximate surface area is 138 Å². The maximum Gasteiger partial charge on any atom is 0.118 e. The molecule has 0 spiro atoms. The fourth-order valence-electron chi connectivity index (χ4n) is 4.01. The topological polar surface area (TPSA) is 40.5 Å². The highest BCUT2D eigenvalue weighted by Gasteiger charge is 2.33. The van der Waals surface area contributed by atoms with Crippen LogP contribution in [-0.2, 0) is 5.41 Å². The Balaban J connectivity index is 1.80. The van der Waals surface area contributed by atoms with Crippen molar-refractivity contribution >= 4 is 0 Å². The number of phenols is 2. The summed E-state index contributed by atoms with van der Waals surface area (Å²) in [6.45, 7) is 6.42. The maximum atomic E-state index is 9.86. The highest BCUT2D eigenvalue weighted by Crippen LogP contribution is 2.46. The summed E-state index contributed by atoms with van der Waals surface area (Å²) in [5, 5.41) is 19.6. The van der Waals surface area contributed by atoms with Crippen molar-refractivity contribution in [3.05, 3.63) is 58.7 Å². The average molecular weight is 310 g/mol. The Hall–Kier alpha value is -1.96.